The molecule has 1 aliphatic rings. The second kappa shape index (κ2) is 7.09. The van der Waals surface area contributed by atoms with Crippen molar-refractivity contribution in [2.45, 2.75) is 18.9 Å². The number of rotatable bonds is 5. The van der Waals surface area contributed by atoms with Gasteiger partial charge in [0.25, 0.3) is 5.91 Å². The molecule has 4 nitrogen and oxygen atoms in total. The third kappa shape index (κ3) is 3.83. The summed E-state index contributed by atoms with van der Waals surface area (Å²) < 4.78 is 5.07. The average molecular weight is 273 g/mol. The second-order valence-electron chi connectivity index (χ2n) is 4.76. The molecule has 0 radical (unpaired) electrons. The van der Waals surface area contributed by atoms with E-state index in [0.717, 1.165) is 18.4 Å². The SMILES string of the molecule is COCCN(C(=O)c1cccc(C#CCO)c1)C1CC1. The summed E-state index contributed by atoms with van der Waals surface area (Å²) in [7, 11) is 1.64. The summed E-state index contributed by atoms with van der Waals surface area (Å²) in [6.07, 6.45) is 2.14. The highest BCUT2D eigenvalue weighted by Crippen LogP contribution is 2.28. The molecule has 1 fully saturated rings. The average Bonchev–Trinajstić information content (AvgIpc) is 3.30. The molecule has 2 rings (SSSR count). The van der Waals surface area contributed by atoms with Gasteiger partial charge >= 0.3 is 0 Å². The van der Waals surface area contributed by atoms with E-state index in [9.17, 15) is 4.79 Å². The van der Waals surface area contributed by atoms with Crippen LogP contribution in [0.2, 0.25) is 0 Å². The Balaban J connectivity index is 2.13. The molecule has 1 amide bonds. The standard InChI is InChI=1S/C16H19NO3/c1-20-11-9-17(15-7-8-15)16(19)14-6-2-4-13(12-14)5-3-10-18/h2,4,6,12,15,18H,7-11H2,1H3. The number of aliphatic hydroxyl groups is 1. The third-order valence-electron chi connectivity index (χ3n) is 3.21. The molecule has 1 N–H and O–H groups in total. The normalized spacial score (nSPS) is 13.5. The Labute approximate surface area is 119 Å². The van der Waals surface area contributed by atoms with E-state index < -0.39 is 0 Å². The molecule has 1 aromatic rings. The molecule has 0 aliphatic heterocycles. The Morgan fingerprint density at radius 2 is 2.30 bits per heavy atom. The lowest BCUT2D eigenvalue weighted by Crippen LogP contribution is -2.35. The van der Waals surface area contributed by atoms with Crippen LogP contribution in [0.4, 0.5) is 0 Å². The van der Waals surface area contributed by atoms with E-state index in [2.05, 4.69) is 11.8 Å². The molecule has 0 bridgehead atoms. The fourth-order valence-corrected chi connectivity index (χ4v) is 2.06. The van der Waals surface area contributed by atoms with Gasteiger partial charge in [-0.15, -0.1) is 0 Å². The maximum absolute atomic E-state index is 12.5. The van der Waals surface area contributed by atoms with E-state index in [-0.39, 0.29) is 12.5 Å². The molecular formula is C16H19NO3. The number of amides is 1. The minimum Gasteiger partial charge on any atom is -0.384 e. The van der Waals surface area contributed by atoms with E-state index in [1.54, 1.807) is 19.2 Å². The quantitative estimate of drug-likeness (QED) is 0.822. The van der Waals surface area contributed by atoms with Gasteiger partial charge in [-0.05, 0) is 31.0 Å². The van der Waals surface area contributed by atoms with Crippen molar-refractivity contribution in [1.29, 1.82) is 0 Å². The van der Waals surface area contributed by atoms with Crippen LogP contribution >= 0.6 is 0 Å². The molecule has 4 heteroatoms. The lowest BCUT2D eigenvalue weighted by Gasteiger charge is -2.22. The second-order valence-corrected chi connectivity index (χ2v) is 4.76. The van der Waals surface area contributed by atoms with Crippen LogP contribution in [-0.4, -0.2) is 48.8 Å². The van der Waals surface area contributed by atoms with E-state index in [1.165, 1.54) is 0 Å². The van der Waals surface area contributed by atoms with Crippen molar-refractivity contribution in [2.75, 3.05) is 26.9 Å². The first kappa shape index (κ1) is 14.6. The van der Waals surface area contributed by atoms with Gasteiger partial charge < -0.3 is 14.7 Å². The molecule has 1 aliphatic carbocycles. The number of hydrogen-bond acceptors (Lipinski definition) is 3. The smallest absolute Gasteiger partial charge is 0.254 e. The highest BCUT2D eigenvalue weighted by molar-refractivity contribution is 5.95. The fourth-order valence-electron chi connectivity index (χ4n) is 2.06. The van der Waals surface area contributed by atoms with Gasteiger partial charge in [-0.3, -0.25) is 4.79 Å². The Morgan fingerprint density at radius 3 is 2.95 bits per heavy atom. The molecule has 0 spiro atoms. The zero-order valence-corrected chi connectivity index (χ0v) is 11.6. The van der Waals surface area contributed by atoms with Crippen molar-refractivity contribution < 1.29 is 14.6 Å². The van der Waals surface area contributed by atoms with Gasteiger partial charge in [0.2, 0.25) is 0 Å². The summed E-state index contributed by atoms with van der Waals surface area (Å²) in [6.45, 7) is 0.985. The number of carbonyl (C=O) groups is 1. The van der Waals surface area contributed by atoms with Gasteiger partial charge in [0.15, 0.2) is 0 Å². The molecule has 1 saturated carbocycles. The number of nitrogens with zero attached hydrogens (tertiary/aromatic N) is 1. The van der Waals surface area contributed by atoms with Crippen LogP contribution in [0, 0.1) is 11.8 Å². The molecule has 0 aromatic heterocycles. The number of aliphatic hydroxyl groups excluding tert-OH is 1. The zero-order chi connectivity index (χ0) is 14.4. The van der Waals surface area contributed by atoms with Crippen molar-refractivity contribution in [3.8, 4) is 11.8 Å². The van der Waals surface area contributed by atoms with Gasteiger partial charge in [-0.1, -0.05) is 17.9 Å². The minimum absolute atomic E-state index is 0.0252. The summed E-state index contributed by atoms with van der Waals surface area (Å²) >= 11 is 0. The van der Waals surface area contributed by atoms with E-state index in [4.69, 9.17) is 9.84 Å². The highest BCUT2D eigenvalue weighted by Gasteiger charge is 2.32. The summed E-state index contributed by atoms with van der Waals surface area (Å²) in [4.78, 5) is 14.4. The van der Waals surface area contributed by atoms with Crippen LogP contribution in [0.1, 0.15) is 28.8 Å². The summed E-state index contributed by atoms with van der Waals surface area (Å²) in [5, 5.41) is 8.71. The molecule has 106 valence electrons. The van der Waals surface area contributed by atoms with Crippen molar-refractivity contribution >= 4 is 5.91 Å². The number of hydrogen-bond donors (Lipinski definition) is 1. The maximum atomic E-state index is 12.5. The topological polar surface area (TPSA) is 49.8 Å². The monoisotopic (exact) mass is 273 g/mol. The van der Waals surface area contributed by atoms with Crippen molar-refractivity contribution in [3.63, 3.8) is 0 Å². The van der Waals surface area contributed by atoms with Gasteiger partial charge in [-0.2, -0.15) is 0 Å². The lowest BCUT2D eigenvalue weighted by molar-refractivity contribution is 0.0680. The van der Waals surface area contributed by atoms with Crippen LogP contribution in [0.3, 0.4) is 0 Å². The zero-order valence-electron chi connectivity index (χ0n) is 11.6. The Morgan fingerprint density at radius 1 is 1.50 bits per heavy atom. The van der Waals surface area contributed by atoms with E-state index in [1.807, 2.05) is 17.0 Å². The molecule has 20 heavy (non-hydrogen) atoms. The van der Waals surface area contributed by atoms with Crippen molar-refractivity contribution in [3.05, 3.63) is 35.4 Å². The van der Waals surface area contributed by atoms with Crippen LogP contribution in [0.5, 0.6) is 0 Å². The molecule has 1 aromatic carbocycles. The van der Waals surface area contributed by atoms with E-state index >= 15 is 0 Å². The maximum Gasteiger partial charge on any atom is 0.254 e. The molecule has 0 atom stereocenters. The van der Waals surface area contributed by atoms with Crippen molar-refractivity contribution in [1.82, 2.24) is 4.90 Å². The first-order valence-electron chi connectivity index (χ1n) is 6.76. The first-order chi connectivity index (χ1) is 9.76. The number of benzene rings is 1. The van der Waals surface area contributed by atoms with Gasteiger partial charge in [-0.25, -0.2) is 0 Å². The van der Waals surface area contributed by atoms with Gasteiger partial charge in [0, 0.05) is 30.8 Å². The van der Waals surface area contributed by atoms with Crippen molar-refractivity contribution in [2.24, 2.45) is 0 Å². The summed E-state index contributed by atoms with van der Waals surface area (Å²) in [6, 6.07) is 7.57. The minimum atomic E-state index is -0.180. The van der Waals surface area contributed by atoms with Gasteiger partial charge in [0.05, 0.1) is 6.61 Å². The van der Waals surface area contributed by atoms with E-state index in [0.29, 0.717) is 24.8 Å². The Bertz CT molecular complexity index is 526. The molecular weight excluding hydrogens is 254 g/mol. The number of ether oxygens (including phenoxy) is 1. The summed E-state index contributed by atoms with van der Waals surface area (Å²) in [5.41, 5.74) is 1.38. The Kier molecular flexibility index (Phi) is 5.16. The molecule has 0 unspecified atom stereocenters. The fraction of sp³-hybridized carbons (Fsp3) is 0.438. The lowest BCUT2D eigenvalue weighted by atomic mass is 10.1. The molecule has 0 heterocycles. The van der Waals surface area contributed by atoms with Gasteiger partial charge in [0.1, 0.15) is 6.61 Å². The highest BCUT2D eigenvalue weighted by atomic mass is 16.5. The van der Waals surface area contributed by atoms with Crippen LogP contribution in [-0.2, 0) is 4.74 Å². The van der Waals surface area contributed by atoms with Crippen LogP contribution < -0.4 is 0 Å². The summed E-state index contributed by atoms with van der Waals surface area (Å²) in [5.74, 6) is 5.44. The first-order valence-corrected chi connectivity index (χ1v) is 6.76. The number of carbonyl (C=O) groups excluding carboxylic acids is 1. The van der Waals surface area contributed by atoms with Crippen LogP contribution in [0.15, 0.2) is 24.3 Å². The Hall–Kier alpha value is -1.83. The van der Waals surface area contributed by atoms with Crippen LogP contribution in [0.25, 0.3) is 0 Å². The largest absolute Gasteiger partial charge is 0.384 e. The molecule has 0 saturated heterocycles. The predicted molar refractivity (Wildman–Crippen MR) is 76.3 cm³/mol. The predicted octanol–water partition coefficient (Wildman–Crippen LogP) is 1.28. The third-order valence-corrected chi connectivity index (χ3v) is 3.21. The number of methoxy groups -OCH3 is 1.